The van der Waals surface area contributed by atoms with Crippen molar-refractivity contribution in [3.63, 3.8) is 0 Å². The molecule has 1 aromatic heterocycles. The Labute approximate surface area is 180 Å². The molecular weight excluding hydrogens is 398 g/mol. The molecule has 31 heavy (non-hydrogen) atoms. The van der Waals surface area contributed by atoms with Gasteiger partial charge in [0.15, 0.2) is 11.5 Å². The number of nitrogens with one attached hydrogen (secondary N) is 2. The summed E-state index contributed by atoms with van der Waals surface area (Å²) in [6.45, 7) is 1.96. The van der Waals surface area contributed by atoms with Crippen molar-refractivity contribution in [1.82, 2.24) is 14.8 Å². The van der Waals surface area contributed by atoms with Gasteiger partial charge in [-0.1, -0.05) is 18.2 Å². The molecule has 0 radical (unpaired) electrons. The molecule has 0 bridgehead atoms. The lowest BCUT2D eigenvalue weighted by atomic mass is 9.85. The molecule has 4 rings (SSSR count). The van der Waals surface area contributed by atoms with Crippen molar-refractivity contribution < 1.29 is 19.0 Å². The molecule has 0 aliphatic carbocycles. The van der Waals surface area contributed by atoms with Gasteiger partial charge in [0.1, 0.15) is 12.1 Å². The van der Waals surface area contributed by atoms with Crippen molar-refractivity contribution in [3.05, 3.63) is 54.4 Å². The van der Waals surface area contributed by atoms with E-state index in [1.165, 1.54) is 6.33 Å². The van der Waals surface area contributed by atoms with Crippen molar-refractivity contribution in [3.8, 4) is 17.2 Å². The SMILES string of the molecule is COc1ccccc1NC(=O)[C@H]1[C@@H](C)Nc2ncnn2[C@H]1c1ccc(OC)c(OC)c1. The number of carbonyl (C=O) groups excluding carboxylic acids is 1. The summed E-state index contributed by atoms with van der Waals surface area (Å²) in [5.41, 5.74) is 1.47. The maximum absolute atomic E-state index is 13.5. The number of amides is 1. The molecule has 0 saturated carbocycles. The van der Waals surface area contributed by atoms with Crippen LogP contribution in [-0.2, 0) is 4.79 Å². The Morgan fingerprint density at radius 3 is 2.52 bits per heavy atom. The van der Waals surface area contributed by atoms with E-state index in [0.717, 1.165) is 5.56 Å². The van der Waals surface area contributed by atoms with E-state index in [1.807, 2.05) is 43.3 Å². The maximum Gasteiger partial charge on any atom is 0.232 e. The highest BCUT2D eigenvalue weighted by molar-refractivity contribution is 5.95. The summed E-state index contributed by atoms with van der Waals surface area (Å²) < 4.78 is 18.0. The lowest BCUT2D eigenvalue weighted by molar-refractivity contribution is -0.121. The largest absolute Gasteiger partial charge is 0.495 e. The Hall–Kier alpha value is -3.75. The van der Waals surface area contributed by atoms with Crippen molar-refractivity contribution in [2.24, 2.45) is 5.92 Å². The van der Waals surface area contributed by atoms with E-state index in [9.17, 15) is 4.79 Å². The summed E-state index contributed by atoms with van der Waals surface area (Å²) in [5, 5.41) is 10.7. The van der Waals surface area contributed by atoms with E-state index in [2.05, 4.69) is 20.7 Å². The van der Waals surface area contributed by atoms with Gasteiger partial charge in [-0.05, 0) is 36.8 Å². The second-order valence-electron chi connectivity index (χ2n) is 7.24. The Balaban J connectivity index is 1.75. The van der Waals surface area contributed by atoms with Gasteiger partial charge in [0.25, 0.3) is 0 Å². The second-order valence-corrected chi connectivity index (χ2v) is 7.24. The van der Waals surface area contributed by atoms with Crippen molar-refractivity contribution in [2.45, 2.75) is 19.0 Å². The first-order valence-electron chi connectivity index (χ1n) is 9.89. The predicted molar refractivity (Wildman–Crippen MR) is 116 cm³/mol. The summed E-state index contributed by atoms with van der Waals surface area (Å²) in [4.78, 5) is 17.8. The zero-order valence-corrected chi connectivity index (χ0v) is 17.8. The van der Waals surface area contributed by atoms with Crippen molar-refractivity contribution in [1.29, 1.82) is 0 Å². The van der Waals surface area contributed by atoms with Gasteiger partial charge in [0, 0.05) is 6.04 Å². The molecular formula is C22H25N5O4. The van der Waals surface area contributed by atoms with Crippen LogP contribution in [0.4, 0.5) is 11.6 Å². The van der Waals surface area contributed by atoms with E-state index in [-0.39, 0.29) is 11.9 Å². The Morgan fingerprint density at radius 1 is 1.03 bits per heavy atom. The third-order valence-electron chi connectivity index (χ3n) is 5.49. The van der Waals surface area contributed by atoms with Gasteiger partial charge < -0.3 is 24.8 Å². The molecule has 3 atom stereocenters. The Morgan fingerprint density at radius 2 is 1.77 bits per heavy atom. The highest BCUT2D eigenvalue weighted by Gasteiger charge is 2.41. The first-order chi connectivity index (χ1) is 15.1. The predicted octanol–water partition coefficient (Wildman–Crippen LogP) is 2.96. The van der Waals surface area contributed by atoms with Gasteiger partial charge >= 0.3 is 0 Å². The quantitative estimate of drug-likeness (QED) is 0.629. The average molecular weight is 423 g/mol. The van der Waals surface area contributed by atoms with E-state index >= 15 is 0 Å². The van der Waals surface area contributed by atoms with Crippen LogP contribution in [-0.4, -0.2) is 48.0 Å². The topological polar surface area (TPSA) is 99.5 Å². The molecule has 1 aliphatic heterocycles. The molecule has 9 heteroatoms. The molecule has 2 aromatic carbocycles. The molecule has 0 fully saturated rings. The summed E-state index contributed by atoms with van der Waals surface area (Å²) in [6.07, 6.45) is 1.48. The number of ether oxygens (including phenoxy) is 3. The number of fused-ring (bicyclic) bond motifs is 1. The van der Waals surface area contributed by atoms with Gasteiger partial charge in [-0.15, -0.1) is 0 Å². The molecule has 162 valence electrons. The van der Waals surface area contributed by atoms with Crippen LogP contribution in [0.3, 0.4) is 0 Å². The van der Waals surface area contributed by atoms with Crippen LogP contribution < -0.4 is 24.8 Å². The van der Waals surface area contributed by atoms with Gasteiger partial charge in [-0.3, -0.25) is 4.79 Å². The fraction of sp³-hybridized carbons (Fsp3) is 0.318. The number of nitrogens with zero attached hydrogens (tertiary/aromatic N) is 3. The molecule has 0 unspecified atom stereocenters. The van der Waals surface area contributed by atoms with Gasteiger partial charge in [-0.25, -0.2) is 4.68 Å². The molecule has 1 amide bonds. The lowest BCUT2D eigenvalue weighted by Crippen LogP contribution is -2.46. The van der Waals surface area contributed by atoms with Crippen LogP contribution in [0, 0.1) is 5.92 Å². The van der Waals surface area contributed by atoms with Crippen LogP contribution in [0.2, 0.25) is 0 Å². The fourth-order valence-electron chi connectivity index (χ4n) is 4.00. The molecule has 2 N–H and O–H groups in total. The summed E-state index contributed by atoms with van der Waals surface area (Å²) >= 11 is 0. The molecule has 9 nitrogen and oxygen atoms in total. The van der Waals surface area contributed by atoms with Crippen molar-refractivity contribution in [2.75, 3.05) is 32.0 Å². The third-order valence-corrected chi connectivity index (χ3v) is 5.49. The lowest BCUT2D eigenvalue weighted by Gasteiger charge is -2.37. The zero-order chi connectivity index (χ0) is 22.0. The number of aromatic nitrogens is 3. The maximum atomic E-state index is 13.5. The number of carbonyl (C=O) groups is 1. The number of rotatable bonds is 6. The van der Waals surface area contributed by atoms with Crippen LogP contribution in [0.15, 0.2) is 48.8 Å². The fourth-order valence-corrected chi connectivity index (χ4v) is 4.00. The highest BCUT2D eigenvalue weighted by atomic mass is 16.5. The molecule has 0 saturated heterocycles. The highest BCUT2D eigenvalue weighted by Crippen LogP contribution is 2.40. The average Bonchev–Trinajstić information content (AvgIpc) is 3.25. The van der Waals surface area contributed by atoms with E-state index < -0.39 is 12.0 Å². The monoisotopic (exact) mass is 423 g/mol. The minimum Gasteiger partial charge on any atom is -0.495 e. The Bertz CT molecular complexity index is 1080. The van der Waals surface area contributed by atoms with Gasteiger partial charge in [0.2, 0.25) is 11.9 Å². The molecule has 2 heterocycles. The molecule has 0 spiro atoms. The van der Waals surface area contributed by atoms with Gasteiger partial charge in [0.05, 0.1) is 39.0 Å². The van der Waals surface area contributed by atoms with Crippen molar-refractivity contribution >= 4 is 17.5 Å². The van der Waals surface area contributed by atoms with Crippen LogP contribution in [0.1, 0.15) is 18.5 Å². The van der Waals surface area contributed by atoms with E-state index in [0.29, 0.717) is 28.9 Å². The number of hydrogen-bond donors (Lipinski definition) is 2. The number of anilines is 2. The minimum atomic E-state index is -0.489. The summed E-state index contributed by atoms with van der Waals surface area (Å²) in [6, 6.07) is 12.3. The first-order valence-corrected chi connectivity index (χ1v) is 9.89. The van der Waals surface area contributed by atoms with Gasteiger partial charge in [-0.2, -0.15) is 10.1 Å². The van der Waals surface area contributed by atoms with Crippen LogP contribution in [0.5, 0.6) is 17.2 Å². The number of methoxy groups -OCH3 is 3. The summed E-state index contributed by atoms with van der Waals surface area (Å²) in [7, 11) is 4.74. The van der Waals surface area contributed by atoms with Crippen LogP contribution in [0.25, 0.3) is 0 Å². The zero-order valence-electron chi connectivity index (χ0n) is 17.8. The third kappa shape index (κ3) is 3.74. The standard InChI is InChI=1S/C22H25N5O4/c1-13-19(21(28)26-15-7-5-6-8-16(15)29-2)20(27-22(25-13)23-12-24-27)14-9-10-17(30-3)18(11-14)31-4/h5-13,19-20H,1-4H3,(H,26,28)(H,23,24,25)/t13-,19+,20+/m1/s1. The number of para-hydroxylation sites is 2. The first kappa shape index (κ1) is 20.5. The molecule has 3 aromatic rings. The van der Waals surface area contributed by atoms with E-state index in [1.54, 1.807) is 32.1 Å². The van der Waals surface area contributed by atoms with Crippen LogP contribution >= 0.6 is 0 Å². The normalized spacial score (nSPS) is 19.7. The number of benzene rings is 2. The minimum absolute atomic E-state index is 0.162. The smallest absolute Gasteiger partial charge is 0.232 e. The summed E-state index contributed by atoms with van der Waals surface area (Å²) in [5.74, 6) is 1.74. The second kappa shape index (κ2) is 8.55. The number of hydrogen-bond acceptors (Lipinski definition) is 7. The Kier molecular flexibility index (Phi) is 5.66. The molecule has 1 aliphatic rings. The van der Waals surface area contributed by atoms with E-state index in [4.69, 9.17) is 14.2 Å².